The molecule has 26 heavy (non-hydrogen) atoms. The van der Waals surface area contributed by atoms with Crippen LogP contribution in [0.2, 0.25) is 0 Å². The van der Waals surface area contributed by atoms with Gasteiger partial charge < -0.3 is 24.7 Å². The maximum absolute atomic E-state index is 11.4. The number of carbonyl (C=O) groups excluding carboxylic acids is 4. The Kier molecular flexibility index (Phi) is 10.1. The van der Waals surface area contributed by atoms with Crippen LogP contribution in [0.1, 0.15) is 13.3 Å². The minimum absolute atomic E-state index is 0.0237. The van der Waals surface area contributed by atoms with E-state index in [1.807, 2.05) is 0 Å². The number of hydrogen-bond acceptors (Lipinski definition) is 8. The zero-order valence-corrected chi connectivity index (χ0v) is 14.6. The number of ether oxygens (including phenoxy) is 4. The second kappa shape index (κ2) is 11.5. The van der Waals surface area contributed by atoms with Gasteiger partial charge in [-0.05, 0) is 13.3 Å². The highest BCUT2D eigenvalue weighted by Gasteiger charge is 2.41. The van der Waals surface area contributed by atoms with Crippen LogP contribution in [-0.2, 0) is 33.3 Å². The smallest absolute Gasteiger partial charge is 0.404 e. The summed E-state index contributed by atoms with van der Waals surface area (Å²) < 4.78 is 20.0. The fourth-order valence-corrected chi connectivity index (χ4v) is 1.88. The zero-order valence-electron chi connectivity index (χ0n) is 14.6. The molecule has 0 radical (unpaired) electrons. The first-order valence-electron chi connectivity index (χ1n) is 7.54. The predicted octanol–water partition coefficient (Wildman–Crippen LogP) is 1.03. The average Bonchev–Trinajstić information content (AvgIpc) is 2.61. The van der Waals surface area contributed by atoms with E-state index in [1.54, 1.807) is 0 Å². The summed E-state index contributed by atoms with van der Waals surface area (Å²) in [5.41, 5.74) is 3.82. The Morgan fingerprint density at radius 3 is 1.73 bits per heavy atom. The number of rotatable bonds is 12. The molecule has 1 amide bonds. The summed E-state index contributed by atoms with van der Waals surface area (Å²) in [6.45, 7) is 10.5. The summed E-state index contributed by atoms with van der Waals surface area (Å²) in [5, 5.41) is 0. The fraction of sp³-hybridized carbons (Fsp3) is 0.412. The van der Waals surface area contributed by atoms with Gasteiger partial charge in [0.05, 0.1) is 12.0 Å². The van der Waals surface area contributed by atoms with Gasteiger partial charge in [0.25, 0.3) is 0 Å². The molecule has 0 bridgehead atoms. The van der Waals surface area contributed by atoms with Crippen LogP contribution in [0.25, 0.3) is 0 Å². The molecule has 2 N–H and O–H groups in total. The molecule has 0 aromatic rings. The summed E-state index contributed by atoms with van der Waals surface area (Å²) >= 11 is 0. The minimum atomic E-state index is -1.23. The summed E-state index contributed by atoms with van der Waals surface area (Å²) in [4.78, 5) is 45.2. The molecule has 0 saturated heterocycles. The molecule has 9 nitrogen and oxygen atoms in total. The van der Waals surface area contributed by atoms with Crippen molar-refractivity contribution in [2.75, 3.05) is 19.8 Å². The first-order valence-corrected chi connectivity index (χ1v) is 7.54. The molecular formula is C17H23NO8. The molecule has 0 aliphatic carbocycles. The van der Waals surface area contributed by atoms with Gasteiger partial charge in [-0.1, -0.05) is 19.7 Å². The van der Waals surface area contributed by atoms with Crippen LogP contribution in [0.5, 0.6) is 0 Å². The van der Waals surface area contributed by atoms with Gasteiger partial charge in [-0.2, -0.15) is 0 Å². The van der Waals surface area contributed by atoms with Crippen molar-refractivity contribution >= 4 is 24.0 Å². The van der Waals surface area contributed by atoms with Gasteiger partial charge in [0.2, 0.25) is 0 Å². The van der Waals surface area contributed by atoms with E-state index in [-0.39, 0.29) is 26.2 Å². The van der Waals surface area contributed by atoms with Crippen molar-refractivity contribution in [1.29, 1.82) is 0 Å². The van der Waals surface area contributed by atoms with Gasteiger partial charge in [-0.25, -0.2) is 19.2 Å². The van der Waals surface area contributed by atoms with Gasteiger partial charge in [0.1, 0.15) is 19.3 Å². The summed E-state index contributed by atoms with van der Waals surface area (Å²) in [6.07, 6.45) is 0.860. The highest BCUT2D eigenvalue weighted by atomic mass is 16.6. The van der Waals surface area contributed by atoms with Crippen LogP contribution >= 0.6 is 0 Å². The van der Waals surface area contributed by atoms with E-state index in [4.69, 9.17) is 24.7 Å². The van der Waals surface area contributed by atoms with Crippen LogP contribution in [0.15, 0.2) is 38.0 Å². The van der Waals surface area contributed by atoms with Crippen molar-refractivity contribution < 1.29 is 38.1 Å². The second-order valence-electron chi connectivity index (χ2n) is 5.19. The topological polar surface area (TPSA) is 131 Å². The molecule has 0 saturated carbocycles. The van der Waals surface area contributed by atoms with Crippen LogP contribution in [0, 0.1) is 5.41 Å². The molecule has 0 aromatic heterocycles. The SMILES string of the molecule is C=CC(=O)OCCC(COC(=O)C=C)(COC(=O)C=C)C(C)OC(N)=O. The van der Waals surface area contributed by atoms with Crippen molar-refractivity contribution in [3.8, 4) is 0 Å². The third kappa shape index (κ3) is 8.13. The lowest BCUT2D eigenvalue weighted by Crippen LogP contribution is -2.46. The maximum atomic E-state index is 11.4. The van der Waals surface area contributed by atoms with Crippen LogP contribution in [0.3, 0.4) is 0 Å². The molecule has 144 valence electrons. The Morgan fingerprint density at radius 2 is 1.35 bits per heavy atom. The van der Waals surface area contributed by atoms with Crippen molar-refractivity contribution in [2.45, 2.75) is 19.4 Å². The van der Waals surface area contributed by atoms with E-state index in [0.29, 0.717) is 0 Å². The lowest BCUT2D eigenvalue weighted by Gasteiger charge is -2.36. The highest BCUT2D eigenvalue weighted by molar-refractivity contribution is 5.82. The first-order chi connectivity index (χ1) is 12.2. The van der Waals surface area contributed by atoms with Gasteiger partial charge in [0.15, 0.2) is 0 Å². The van der Waals surface area contributed by atoms with Gasteiger partial charge in [-0.15, -0.1) is 0 Å². The minimum Gasteiger partial charge on any atom is -0.463 e. The maximum Gasteiger partial charge on any atom is 0.404 e. The number of nitrogens with two attached hydrogens (primary N) is 1. The third-order valence-electron chi connectivity index (χ3n) is 3.50. The molecule has 0 aliphatic heterocycles. The van der Waals surface area contributed by atoms with Crippen LogP contribution in [-0.4, -0.2) is 49.9 Å². The van der Waals surface area contributed by atoms with Crippen LogP contribution < -0.4 is 5.73 Å². The van der Waals surface area contributed by atoms with Crippen molar-refractivity contribution in [2.24, 2.45) is 11.1 Å². The quantitative estimate of drug-likeness (QED) is 0.307. The van der Waals surface area contributed by atoms with Crippen molar-refractivity contribution in [3.63, 3.8) is 0 Å². The van der Waals surface area contributed by atoms with E-state index in [1.165, 1.54) is 6.92 Å². The molecule has 0 heterocycles. The van der Waals surface area contributed by atoms with E-state index in [0.717, 1.165) is 18.2 Å². The predicted molar refractivity (Wildman–Crippen MR) is 90.6 cm³/mol. The van der Waals surface area contributed by atoms with Crippen molar-refractivity contribution in [1.82, 2.24) is 0 Å². The Bertz CT molecular complexity index is 545. The summed E-state index contributed by atoms with van der Waals surface area (Å²) in [5.74, 6) is -2.15. The van der Waals surface area contributed by atoms with Gasteiger partial charge in [0, 0.05) is 18.2 Å². The Hall–Kier alpha value is -3.10. The Balaban J connectivity index is 5.49. The molecule has 0 spiro atoms. The normalized spacial score (nSPS) is 11.4. The molecule has 0 rings (SSSR count). The highest BCUT2D eigenvalue weighted by Crippen LogP contribution is 2.31. The van der Waals surface area contributed by atoms with E-state index >= 15 is 0 Å². The number of esters is 3. The first kappa shape index (κ1) is 22.9. The number of amides is 1. The number of hydrogen-bond donors (Lipinski definition) is 1. The standard InChI is InChI=1S/C17H23NO8/c1-5-13(19)23-9-8-17(10-24-14(20)6-2,11-25-15(21)7-3)12(4)26-16(18)22/h5-7,12H,1-3,8-11H2,4H3,(H2,18,22). The molecule has 0 fully saturated rings. The largest absolute Gasteiger partial charge is 0.463 e. The van der Waals surface area contributed by atoms with Crippen molar-refractivity contribution in [3.05, 3.63) is 38.0 Å². The fourth-order valence-electron chi connectivity index (χ4n) is 1.88. The lowest BCUT2D eigenvalue weighted by atomic mass is 9.81. The second-order valence-corrected chi connectivity index (χ2v) is 5.19. The molecule has 1 unspecified atom stereocenters. The van der Waals surface area contributed by atoms with Crippen LogP contribution in [0.4, 0.5) is 4.79 Å². The molecule has 9 heteroatoms. The van der Waals surface area contributed by atoms with E-state index < -0.39 is 35.5 Å². The lowest BCUT2D eigenvalue weighted by molar-refractivity contribution is -0.158. The zero-order chi connectivity index (χ0) is 20.2. The molecule has 0 aliphatic rings. The van der Waals surface area contributed by atoms with Gasteiger partial charge in [-0.3, -0.25) is 0 Å². The third-order valence-corrected chi connectivity index (χ3v) is 3.50. The van der Waals surface area contributed by atoms with Gasteiger partial charge >= 0.3 is 24.0 Å². The molecular weight excluding hydrogens is 346 g/mol. The molecule has 0 aromatic carbocycles. The Labute approximate surface area is 151 Å². The summed E-state index contributed by atoms with van der Waals surface area (Å²) in [6, 6.07) is 0. The number of carbonyl (C=O) groups is 4. The Morgan fingerprint density at radius 1 is 0.923 bits per heavy atom. The van der Waals surface area contributed by atoms with E-state index in [9.17, 15) is 19.2 Å². The average molecular weight is 369 g/mol. The monoisotopic (exact) mass is 369 g/mol. The summed E-state index contributed by atoms with van der Waals surface area (Å²) in [7, 11) is 0. The molecule has 1 atom stereocenters. The number of primary amides is 1. The van der Waals surface area contributed by atoms with E-state index in [2.05, 4.69) is 19.7 Å².